The van der Waals surface area contributed by atoms with E-state index in [-0.39, 0.29) is 18.1 Å². The molecule has 28 heavy (non-hydrogen) atoms. The maximum absolute atomic E-state index is 13.2. The first-order valence-corrected chi connectivity index (χ1v) is 10.5. The summed E-state index contributed by atoms with van der Waals surface area (Å²) in [6.07, 6.45) is 7.76. The van der Waals surface area contributed by atoms with Crippen LogP contribution in [0.25, 0.3) is 0 Å². The van der Waals surface area contributed by atoms with Gasteiger partial charge in [0, 0.05) is 17.8 Å². The molecule has 0 radical (unpaired) electrons. The summed E-state index contributed by atoms with van der Waals surface area (Å²) in [7, 11) is 0. The van der Waals surface area contributed by atoms with E-state index >= 15 is 0 Å². The highest BCUT2D eigenvalue weighted by atomic mass is 35.5. The predicted octanol–water partition coefficient (Wildman–Crippen LogP) is 5.53. The average Bonchev–Trinajstić information content (AvgIpc) is 2.61. The maximum atomic E-state index is 13.2. The Morgan fingerprint density at radius 1 is 1.36 bits per heavy atom. The molecule has 1 heterocycles. The third-order valence-corrected chi connectivity index (χ3v) is 5.29. The molecule has 1 aromatic rings. The minimum Gasteiger partial charge on any atom is -0.444 e. The molecule has 1 amide bonds. The topological polar surface area (TPSA) is 62.7 Å². The van der Waals surface area contributed by atoms with Gasteiger partial charge in [-0.3, -0.25) is 4.90 Å². The number of hydrogen-bond acceptors (Lipinski definition) is 4. The Bertz CT molecular complexity index is 669. The van der Waals surface area contributed by atoms with Gasteiger partial charge in [-0.15, -0.1) is 0 Å². The first kappa shape index (κ1) is 22.7. The largest absolute Gasteiger partial charge is 0.444 e. The molecule has 0 saturated heterocycles. The number of allylic oxidation sites excluding steroid dienone is 1. The van der Waals surface area contributed by atoms with Crippen molar-refractivity contribution in [2.75, 3.05) is 0 Å². The van der Waals surface area contributed by atoms with Crippen LogP contribution in [0.4, 0.5) is 4.79 Å². The van der Waals surface area contributed by atoms with Gasteiger partial charge in [0.2, 0.25) is 0 Å². The fourth-order valence-corrected chi connectivity index (χ4v) is 3.80. The van der Waals surface area contributed by atoms with E-state index in [1.54, 1.807) is 23.2 Å². The van der Waals surface area contributed by atoms with E-state index in [0.717, 1.165) is 19.3 Å². The van der Waals surface area contributed by atoms with E-state index in [0.29, 0.717) is 17.1 Å². The first-order chi connectivity index (χ1) is 13.1. The van der Waals surface area contributed by atoms with Gasteiger partial charge in [-0.1, -0.05) is 50.1 Å². The van der Waals surface area contributed by atoms with E-state index < -0.39 is 17.7 Å². The Labute approximate surface area is 173 Å². The van der Waals surface area contributed by atoms with E-state index in [4.69, 9.17) is 16.3 Å². The van der Waals surface area contributed by atoms with Gasteiger partial charge in [-0.05, 0) is 52.0 Å². The van der Waals surface area contributed by atoms with Gasteiger partial charge in [-0.25, -0.2) is 9.78 Å². The number of nitrogens with zero attached hydrogens (tertiary/aromatic N) is 2. The Kier molecular flexibility index (Phi) is 7.90. The Morgan fingerprint density at radius 2 is 2.04 bits per heavy atom. The second kappa shape index (κ2) is 9.75. The quantitative estimate of drug-likeness (QED) is 0.496. The van der Waals surface area contributed by atoms with Crippen LogP contribution in [-0.2, 0) is 4.74 Å². The third kappa shape index (κ3) is 5.95. The molecule has 1 aliphatic carbocycles. The molecular formula is C22H33ClN2O3. The van der Waals surface area contributed by atoms with E-state index in [9.17, 15) is 9.90 Å². The van der Waals surface area contributed by atoms with Crippen molar-refractivity contribution in [2.24, 2.45) is 5.92 Å². The molecule has 5 nitrogen and oxygen atoms in total. The van der Waals surface area contributed by atoms with Gasteiger partial charge in [0.25, 0.3) is 0 Å². The second-order valence-electron chi connectivity index (χ2n) is 8.59. The van der Waals surface area contributed by atoms with Crippen LogP contribution in [-0.4, -0.2) is 38.8 Å². The lowest BCUT2D eigenvalue weighted by atomic mass is 9.87. The summed E-state index contributed by atoms with van der Waals surface area (Å²) in [5.41, 5.74) is 0.0440. The number of rotatable bonds is 6. The molecule has 0 bridgehead atoms. The van der Waals surface area contributed by atoms with E-state index in [2.05, 4.69) is 31.0 Å². The first-order valence-electron chi connectivity index (χ1n) is 10.1. The molecule has 0 spiro atoms. The molecule has 1 N–H and O–H groups in total. The number of ether oxygens (including phenoxy) is 1. The van der Waals surface area contributed by atoms with Crippen LogP contribution >= 0.6 is 11.6 Å². The summed E-state index contributed by atoms with van der Waals surface area (Å²) in [4.78, 5) is 19.1. The standard InChI is InChI=1S/C22H33ClN2O3/c1-6-9-18(20(26)16-12-13-19(23)24-14-16)25(21(27)28-22(3,4)5)17-11-8-7-10-15(17)2/h7-8,12-15,17-18,20,26H,6,9-11H2,1-5H3/t15?,17-,18-,20-/m1/s1. The molecule has 2 rings (SSSR count). The van der Waals surface area contributed by atoms with Crippen LogP contribution in [0.5, 0.6) is 0 Å². The molecule has 0 fully saturated rings. The van der Waals surface area contributed by atoms with Gasteiger partial charge in [0.15, 0.2) is 0 Å². The van der Waals surface area contributed by atoms with Gasteiger partial charge in [-0.2, -0.15) is 0 Å². The minimum absolute atomic E-state index is 0.0219. The van der Waals surface area contributed by atoms with Crippen molar-refractivity contribution >= 4 is 17.7 Å². The van der Waals surface area contributed by atoms with Crippen LogP contribution < -0.4 is 0 Å². The summed E-state index contributed by atoms with van der Waals surface area (Å²) < 4.78 is 5.75. The van der Waals surface area contributed by atoms with Crippen molar-refractivity contribution in [3.05, 3.63) is 41.2 Å². The van der Waals surface area contributed by atoms with Gasteiger partial charge in [0.05, 0.1) is 6.04 Å². The molecule has 1 aliphatic rings. The number of amides is 1. The molecule has 4 atom stereocenters. The smallest absolute Gasteiger partial charge is 0.410 e. The van der Waals surface area contributed by atoms with Crippen LogP contribution in [0.1, 0.15) is 72.0 Å². The van der Waals surface area contributed by atoms with Crippen molar-refractivity contribution in [3.63, 3.8) is 0 Å². The normalized spacial score (nSPS) is 21.8. The molecular weight excluding hydrogens is 376 g/mol. The highest BCUT2D eigenvalue weighted by Crippen LogP contribution is 2.33. The molecule has 0 saturated carbocycles. The zero-order valence-corrected chi connectivity index (χ0v) is 18.3. The van der Waals surface area contributed by atoms with Crippen LogP contribution in [0.2, 0.25) is 5.15 Å². The van der Waals surface area contributed by atoms with Crippen molar-refractivity contribution < 1.29 is 14.6 Å². The number of halogens is 1. The molecule has 6 heteroatoms. The van der Waals surface area contributed by atoms with Crippen molar-refractivity contribution in [1.29, 1.82) is 0 Å². The third-order valence-electron chi connectivity index (χ3n) is 5.07. The number of hydrogen-bond donors (Lipinski definition) is 1. The fraction of sp³-hybridized carbons (Fsp3) is 0.636. The van der Waals surface area contributed by atoms with Crippen molar-refractivity contribution in [1.82, 2.24) is 9.88 Å². The SMILES string of the molecule is CCC[C@H]([C@H](O)c1ccc(Cl)nc1)N(C(=O)OC(C)(C)C)[C@@H]1CC=CCC1C. The molecule has 1 aromatic heterocycles. The number of aliphatic hydroxyl groups excluding tert-OH is 1. The lowest BCUT2D eigenvalue weighted by Gasteiger charge is -2.43. The lowest BCUT2D eigenvalue weighted by molar-refractivity contribution is -0.0309. The summed E-state index contributed by atoms with van der Waals surface area (Å²) in [5, 5.41) is 11.6. The number of aliphatic hydroxyl groups is 1. The van der Waals surface area contributed by atoms with Crippen LogP contribution in [0.3, 0.4) is 0 Å². The van der Waals surface area contributed by atoms with E-state index in [1.807, 2.05) is 20.8 Å². The highest BCUT2D eigenvalue weighted by Gasteiger charge is 2.39. The maximum Gasteiger partial charge on any atom is 0.410 e. The average molecular weight is 409 g/mol. The number of pyridine rings is 1. The van der Waals surface area contributed by atoms with Crippen molar-refractivity contribution in [3.8, 4) is 0 Å². The second-order valence-corrected chi connectivity index (χ2v) is 8.98. The van der Waals surface area contributed by atoms with Crippen LogP contribution in [0, 0.1) is 5.92 Å². The van der Waals surface area contributed by atoms with Gasteiger partial charge >= 0.3 is 6.09 Å². The molecule has 156 valence electrons. The summed E-state index contributed by atoms with van der Waals surface area (Å²) in [6, 6.07) is 3.00. The Hall–Kier alpha value is -1.59. The molecule has 1 unspecified atom stereocenters. The van der Waals surface area contributed by atoms with Crippen LogP contribution in [0.15, 0.2) is 30.5 Å². The predicted molar refractivity (Wildman–Crippen MR) is 112 cm³/mol. The zero-order valence-electron chi connectivity index (χ0n) is 17.6. The van der Waals surface area contributed by atoms with Gasteiger partial charge < -0.3 is 9.84 Å². The number of carbonyl (C=O) groups excluding carboxylic acids is 1. The monoisotopic (exact) mass is 408 g/mol. The Morgan fingerprint density at radius 3 is 2.57 bits per heavy atom. The van der Waals surface area contributed by atoms with Gasteiger partial charge in [0.1, 0.15) is 16.9 Å². The summed E-state index contributed by atoms with van der Waals surface area (Å²) >= 11 is 5.90. The Balaban J connectivity index is 2.41. The van der Waals surface area contributed by atoms with Crippen molar-refractivity contribution in [2.45, 2.75) is 84.1 Å². The molecule has 0 aromatic carbocycles. The zero-order chi connectivity index (χ0) is 20.9. The summed E-state index contributed by atoms with van der Waals surface area (Å²) in [6.45, 7) is 9.78. The minimum atomic E-state index is -0.865. The molecule has 0 aliphatic heterocycles. The fourth-order valence-electron chi connectivity index (χ4n) is 3.68. The highest BCUT2D eigenvalue weighted by molar-refractivity contribution is 6.29. The number of aromatic nitrogens is 1. The van der Waals surface area contributed by atoms with E-state index in [1.165, 1.54) is 0 Å². The lowest BCUT2D eigenvalue weighted by Crippen LogP contribution is -2.53. The summed E-state index contributed by atoms with van der Waals surface area (Å²) in [5.74, 6) is 0.285. The number of carbonyl (C=O) groups is 1.